The molecule has 4 N–H and O–H groups in total. The Hall–Kier alpha value is -0.630. The van der Waals surface area contributed by atoms with Gasteiger partial charge < -0.3 is 16.2 Å². The Kier molecular flexibility index (Phi) is 8.24. The maximum Gasteiger partial charge on any atom is 0.237 e. The zero-order valence-electron chi connectivity index (χ0n) is 12.8. The van der Waals surface area contributed by atoms with Gasteiger partial charge in [0.1, 0.15) is 11.1 Å². The largest absolute Gasteiger partial charge is 0.384 e. The molecule has 1 amide bonds. The minimum Gasteiger partial charge on any atom is -0.384 e. The van der Waals surface area contributed by atoms with E-state index in [0.29, 0.717) is 23.8 Å². The molecule has 1 aromatic rings. The zero-order valence-corrected chi connectivity index (χ0v) is 14.4. The van der Waals surface area contributed by atoms with Crippen LogP contribution in [0, 0.1) is 5.92 Å². The van der Waals surface area contributed by atoms with Gasteiger partial charge in [0.15, 0.2) is 0 Å². The van der Waals surface area contributed by atoms with Crippen molar-refractivity contribution in [1.29, 1.82) is 0 Å². The van der Waals surface area contributed by atoms with Crippen LogP contribution in [0.25, 0.3) is 0 Å². The number of aliphatic hydroxyl groups is 1. The Bertz CT molecular complexity index is 412. The summed E-state index contributed by atoms with van der Waals surface area (Å²) in [5.41, 5.74) is 5.90. The predicted molar refractivity (Wildman–Crippen MR) is 89.4 cm³/mol. The van der Waals surface area contributed by atoms with Gasteiger partial charge in [-0.2, -0.15) is 11.8 Å². The third-order valence-corrected chi connectivity index (χ3v) is 4.60. The van der Waals surface area contributed by atoms with Gasteiger partial charge in [-0.05, 0) is 30.8 Å². The molecule has 7 heteroatoms. The highest BCUT2D eigenvalue weighted by atomic mass is 32.2. The van der Waals surface area contributed by atoms with E-state index >= 15 is 0 Å². The first-order valence-corrected chi connectivity index (χ1v) is 9.35. The minimum absolute atomic E-state index is 0.203. The van der Waals surface area contributed by atoms with Crippen molar-refractivity contribution in [3.8, 4) is 0 Å². The second-order valence-corrected chi connectivity index (χ2v) is 7.36. The first kappa shape index (κ1) is 18.4. The summed E-state index contributed by atoms with van der Waals surface area (Å²) in [5, 5.41) is 15.7. The van der Waals surface area contributed by atoms with Gasteiger partial charge in [0.25, 0.3) is 0 Å². The molecule has 120 valence electrons. The molecule has 0 saturated heterocycles. The molecule has 1 rings (SSSR count). The van der Waals surface area contributed by atoms with Gasteiger partial charge >= 0.3 is 0 Å². The lowest BCUT2D eigenvalue weighted by atomic mass is 10.0. The van der Waals surface area contributed by atoms with Gasteiger partial charge in [0, 0.05) is 11.6 Å². The van der Waals surface area contributed by atoms with E-state index in [1.165, 1.54) is 11.3 Å². The molecule has 1 heterocycles. The molecule has 1 aromatic heterocycles. The Labute approximate surface area is 134 Å². The van der Waals surface area contributed by atoms with Crippen LogP contribution in [0.4, 0.5) is 0 Å². The van der Waals surface area contributed by atoms with E-state index in [1.54, 1.807) is 18.0 Å². The number of amides is 1. The van der Waals surface area contributed by atoms with E-state index < -0.39 is 12.1 Å². The maximum absolute atomic E-state index is 12.2. The number of carbonyl (C=O) groups is 1. The van der Waals surface area contributed by atoms with Crippen LogP contribution in [0.3, 0.4) is 0 Å². The van der Waals surface area contributed by atoms with Gasteiger partial charge in [0.2, 0.25) is 5.91 Å². The van der Waals surface area contributed by atoms with Crippen LogP contribution in [0.2, 0.25) is 0 Å². The van der Waals surface area contributed by atoms with Crippen molar-refractivity contribution in [2.24, 2.45) is 11.7 Å². The van der Waals surface area contributed by atoms with Crippen LogP contribution in [-0.2, 0) is 4.79 Å². The van der Waals surface area contributed by atoms with E-state index in [0.717, 1.165) is 5.75 Å². The standard InChI is InChI=1S/C14H25N3O2S2/c1-9(2)8-10(15)13(19)17-11(4-6-20-3)12(18)14-16-5-7-21-14/h5,7,9-12,18H,4,6,8,15H2,1-3H3,(H,17,19)/t10-,11+,12-/m0/s1. The van der Waals surface area contributed by atoms with Gasteiger partial charge in [0.05, 0.1) is 12.1 Å². The summed E-state index contributed by atoms with van der Waals surface area (Å²) in [7, 11) is 0. The van der Waals surface area contributed by atoms with Crippen LogP contribution in [0.15, 0.2) is 11.6 Å². The summed E-state index contributed by atoms with van der Waals surface area (Å²) in [6.07, 6.45) is 4.18. The lowest BCUT2D eigenvalue weighted by molar-refractivity contribution is -0.124. The smallest absolute Gasteiger partial charge is 0.237 e. The van der Waals surface area contributed by atoms with Crippen molar-refractivity contribution in [2.75, 3.05) is 12.0 Å². The highest BCUT2D eigenvalue weighted by molar-refractivity contribution is 7.98. The quantitative estimate of drug-likeness (QED) is 0.642. The molecule has 0 fully saturated rings. The summed E-state index contributed by atoms with van der Waals surface area (Å²) in [5.74, 6) is 1.01. The Balaban J connectivity index is 2.67. The number of aliphatic hydroxyl groups excluding tert-OH is 1. The third kappa shape index (κ3) is 6.34. The average molecular weight is 332 g/mol. The van der Waals surface area contributed by atoms with Crippen molar-refractivity contribution in [2.45, 2.75) is 44.9 Å². The Morgan fingerprint density at radius 2 is 2.29 bits per heavy atom. The second-order valence-electron chi connectivity index (χ2n) is 5.45. The molecule has 0 saturated carbocycles. The number of hydrogen-bond donors (Lipinski definition) is 3. The van der Waals surface area contributed by atoms with Crippen molar-refractivity contribution in [1.82, 2.24) is 10.3 Å². The van der Waals surface area contributed by atoms with E-state index in [1.807, 2.05) is 25.5 Å². The molecular weight excluding hydrogens is 306 g/mol. The van der Waals surface area contributed by atoms with E-state index in [2.05, 4.69) is 10.3 Å². The number of nitrogens with zero attached hydrogens (tertiary/aromatic N) is 1. The monoisotopic (exact) mass is 331 g/mol. The lowest BCUT2D eigenvalue weighted by Crippen LogP contribution is -2.48. The Morgan fingerprint density at radius 3 is 2.81 bits per heavy atom. The van der Waals surface area contributed by atoms with Crippen LogP contribution in [0.5, 0.6) is 0 Å². The van der Waals surface area contributed by atoms with E-state index in [-0.39, 0.29) is 11.9 Å². The molecule has 0 spiro atoms. The molecule has 0 radical (unpaired) electrons. The van der Waals surface area contributed by atoms with Gasteiger partial charge in [-0.25, -0.2) is 4.98 Å². The summed E-state index contributed by atoms with van der Waals surface area (Å²) < 4.78 is 0. The fourth-order valence-corrected chi connectivity index (χ4v) is 3.19. The van der Waals surface area contributed by atoms with Crippen molar-refractivity contribution in [3.63, 3.8) is 0 Å². The van der Waals surface area contributed by atoms with Crippen LogP contribution in [0.1, 0.15) is 37.8 Å². The molecule has 0 bridgehead atoms. The highest BCUT2D eigenvalue weighted by Crippen LogP contribution is 2.22. The molecule has 0 aromatic carbocycles. The van der Waals surface area contributed by atoms with Gasteiger partial charge in [-0.15, -0.1) is 11.3 Å². The lowest BCUT2D eigenvalue weighted by Gasteiger charge is -2.24. The number of rotatable bonds is 9. The number of hydrogen-bond acceptors (Lipinski definition) is 6. The summed E-state index contributed by atoms with van der Waals surface area (Å²) in [4.78, 5) is 16.3. The summed E-state index contributed by atoms with van der Waals surface area (Å²) in [6.45, 7) is 4.06. The predicted octanol–water partition coefficient (Wildman–Crippen LogP) is 1.79. The number of carbonyl (C=O) groups excluding carboxylic acids is 1. The number of thioether (sulfide) groups is 1. The molecule has 21 heavy (non-hydrogen) atoms. The van der Waals surface area contributed by atoms with Crippen molar-refractivity contribution < 1.29 is 9.90 Å². The van der Waals surface area contributed by atoms with Crippen molar-refractivity contribution in [3.05, 3.63) is 16.6 Å². The first-order valence-electron chi connectivity index (χ1n) is 7.08. The third-order valence-electron chi connectivity index (χ3n) is 3.11. The molecule has 0 aliphatic carbocycles. The molecule has 5 nitrogen and oxygen atoms in total. The fourth-order valence-electron chi connectivity index (χ4n) is 2.01. The zero-order chi connectivity index (χ0) is 15.8. The SMILES string of the molecule is CSCC[C@@H](NC(=O)[C@@H](N)CC(C)C)[C@H](O)c1nccs1. The highest BCUT2D eigenvalue weighted by Gasteiger charge is 2.26. The first-order chi connectivity index (χ1) is 9.95. The summed E-state index contributed by atoms with van der Waals surface area (Å²) in [6, 6.07) is -0.889. The molecular formula is C14H25N3O2S2. The van der Waals surface area contributed by atoms with Gasteiger partial charge in [-0.3, -0.25) is 4.79 Å². The molecule has 3 atom stereocenters. The second kappa shape index (κ2) is 9.40. The Morgan fingerprint density at radius 1 is 1.57 bits per heavy atom. The number of thiazole rings is 1. The summed E-state index contributed by atoms with van der Waals surface area (Å²) >= 11 is 3.07. The van der Waals surface area contributed by atoms with Crippen LogP contribution < -0.4 is 11.1 Å². The minimum atomic E-state index is -0.785. The van der Waals surface area contributed by atoms with E-state index in [9.17, 15) is 9.90 Å². The fraction of sp³-hybridized carbons (Fsp3) is 0.714. The normalized spacial score (nSPS) is 15.7. The average Bonchev–Trinajstić information content (AvgIpc) is 2.95. The number of nitrogens with two attached hydrogens (primary N) is 1. The number of nitrogens with one attached hydrogen (secondary N) is 1. The molecule has 0 aliphatic rings. The van der Waals surface area contributed by atoms with Crippen LogP contribution >= 0.6 is 23.1 Å². The maximum atomic E-state index is 12.2. The topological polar surface area (TPSA) is 88.2 Å². The molecule has 0 aliphatic heterocycles. The molecule has 0 unspecified atom stereocenters. The van der Waals surface area contributed by atoms with Crippen molar-refractivity contribution >= 4 is 29.0 Å². The van der Waals surface area contributed by atoms with Gasteiger partial charge in [-0.1, -0.05) is 13.8 Å². The van der Waals surface area contributed by atoms with Crippen LogP contribution in [-0.4, -0.2) is 40.1 Å². The van der Waals surface area contributed by atoms with E-state index in [4.69, 9.17) is 5.73 Å². The number of aromatic nitrogens is 1.